The summed E-state index contributed by atoms with van der Waals surface area (Å²) >= 11 is 1.47. The lowest BCUT2D eigenvalue weighted by molar-refractivity contribution is -0.0498. The Morgan fingerprint density at radius 3 is 3.00 bits per heavy atom. The van der Waals surface area contributed by atoms with Gasteiger partial charge in [0.05, 0.1) is 5.69 Å². The first kappa shape index (κ1) is 13.9. The van der Waals surface area contributed by atoms with Crippen LogP contribution in [0.5, 0.6) is 5.75 Å². The van der Waals surface area contributed by atoms with Crippen LogP contribution in [0, 0.1) is 0 Å². The van der Waals surface area contributed by atoms with Crippen molar-refractivity contribution in [3.8, 4) is 5.75 Å². The lowest BCUT2D eigenvalue weighted by atomic mass is 10.2. The Morgan fingerprint density at radius 1 is 1.38 bits per heavy atom. The van der Waals surface area contributed by atoms with Crippen LogP contribution >= 0.6 is 11.3 Å². The van der Waals surface area contributed by atoms with Crippen LogP contribution in [-0.4, -0.2) is 17.5 Å². The third-order valence-electron chi connectivity index (χ3n) is 3.14. The van der Waals surface area contributed by atoms with E-state index in [2.05, 4.69) is 15.0 Å². The van der Waals surface area contributed by atoms with Gasteiger partial charge in [0.2, 0.25) is 0 Å². The van der Waals surface area contributed by atoms with Crippen molar-refractivity contribution in [2.75, 3.05) is 5.32 Å². The molecule has 0 fully saturated rings. The maximum atomic E-state index is 12.2. The number of aromatic nitrogens is 1. The standard InChI is InChI=1S/C14H12F2N2O2S/c15-13(16)20-9-4-1-3-8(7-9)12(19)18-14-17-10-5-2-6-11(10)21-14/h1,3-4,7,13H,2,5-6H2,(H,17,18,19). The Kier molecular flexibility index (Phi) is 3.83. The van der Waals surface area contributed by atoms with Gasteiger partial charge in [0.25, 0.3) is 5.91 Å². The number of aryl methyl sites for hydroxylation is 2. The van der Waals surface area contributed by atoms with Gasteiger partial charge in [-0.25, -0.2) is 4.98 Å². The van der Waals surface area contributed by atoms with E-state index in [0.717, 1.165) is 25.0 Å². The number of carbonyl (C=O) groups is 1. The molecule has 1 amide bonds. The van der Waals surface area contributed by atoms with Crippen LogP contribution in [0.4, 0.5) is 13.9 Å². The number of hydrogen-bond acceptors (Lipinski definition) is 4. The number of fused-ring (bicyclic) bond motifs is 1. The summed E-state index contributed by atoms with van der Waals surface area (Å²) in [5, 5.41) is 3.24. The molecule has 0 unspecified atom stereocenters. The summed E-state index contributed by atoms with van der Waals surface area (Å²) < 4.78 is 28.6. The molecular formula is C14H12F2N2O2S. The molecule has 1 aromatic carbocycles. The number of nitrogens with zero attached hydrogens (tertiary/aromatic N) is 1. The van der Waals surface area contributed by atoms with Crippen LogP contribution in [0.1, 0.15) is 27.3 Å². The number of nitrogens with one attached hydrogen (secondary N) is 1. The zero-order valence-corrected chi connectivity index (χ0v) is 11.8. The van der Waals surface area contributed by atoms with Crippen LogP contribution in [0.3, 0.4) is 0 Å². The fourth-order valence-corrected chi connectivity index (χ4v) is 3.27. The number of benzene rings is 1. The molecule has 110 valence electrons. The summed E-state index contributed by atoms with van der Waals surface area (Å²) in [7, 11) is 0. The fourth-order valence-electron chi connectivity index (χ4n) is 2.23. The Labute approximate surface area is 123 Å². The van der Waals surface area contributed by atoms with Crippen molar-refractivity contribution < 1.29 is 18.3 Å². The highest BCUT2D eigenvalue weighted by molar-refractivity contribution is 7.15. The van der Waals surface area contributed by atoms with Crippen LogP contribution in [0.25, 0.3) is 0 Å². The number of amides is 1. The quantitative estimate of drug-likeness (QED) is 0.940. The summed E-state index contributed by atoms with van der Waals surface area (Å²) in [5.41, 5.74) is 1.30. The second-order valence-corrected chi connectivity index (χ2v) is 5.69. The third-order valence-corrected chi connectivity index (χ3v) is 4.21. The van der Waals surface area contributed by atoms with Gasteiger partial charge in [-0.2, -0.15) is 8.78 Å². The number of rotatable bonds is 4. The molecule has 1 aliphatic rings. The van der Waals surface area contributed by atoms with E-state index in [0.29, 0.717) is 5.13 Å². The number of anilines is 1. The summed E-state index contributed by atoms with van der Waals surface area (Å²) in [6.45, 7) is -2.91. The minimum atomic E-state index is -2.91. The van der Waals surface area contributed by atoms with Crippen molar-refractivity contribution >= 4 is 22.4 Å². The van der Waals surface area contributed by atoms with Crippen LogP contribution in [0.2, 0.25) is 0 Å². The fraction of sp³-hybridized carbons (Fsp3) is 0.286. The van der Waals surface area contributed by atoms with Crippen molar-refractivity contribution in [2.45, 2.75) is 25.9 Å². The average molecular weight is 310 g/mol. The molecule has 0 atom stereocenters. The molecule has 0 radical (unpaired) electrons. The van der Waals surface area contributed by atoms with Gasteiger partial charge in [-0.1, -0.05) is 6.07 Å². The van der Waals surface area contributed by atoms with E-state index in [4.69, 9.17) is 0 Å². The highest BCUT2D eigenvalue weighted by atomic mass is 32.1. The Bertz CT molecular complexity index is 651. The van der Waals surface area contributed by atoms with Crippen LogP contribution < -0.4 is 10.1 Å². The van der Waals surface area contributed by atoms with Crippen molar-refractivity contribution in [2.24, 2.45) is 0 Å². The Balaban J connectivity index is 1.72. The molecule has 1 N–H and O–H groups in total. The minimum Gasteiger partial charge on any atom is -0.435 e. The van der Waals surface area contributed by atoms with Gasteiger partial charge in [0.1, 0.15) is 5.75 Å². The van der Waals surface area contributed by atoms with E-state index in [9.17, 15) is 13.6 Å². The first-order valence-corrected chi connectivity index (χ1v) is 7.28. The molecule has 4 nitrogen and oxygen atoms in total. The number of ether oxygens (including phenoxy) is 1. The van der Waals surface area contributed by atoms with Crippen molar-refractivity contribution in [3.05, 3.63) is 40.4 Å². The molecule has 0 bridgehead atoms. The van der Waals surface area contributed by atoms with E-state index in [-0.39, 0.29) is 17.2 Å². The topological polar surface area (TPSA) is 51.2 Å². The highest BCUT2D eigenvalue weighted by Gasteiger charge is 2.18. The first-order chi connectivity index (χ1) is 10.1. The predicted octanol–water partition coefficient (Wildman–Crippen LogP) is 3.49. The molecular weight excluding hydrogens is 298 g/mol. The number of alkyl halides is 2. The largest absolute Gasteiger partial charge is 0.435 e. The lowest BCUT2D eigenvalue weighted by Gasteiger charge is -2.06. The molecule has 0 saturated carbocycles. The van der Waals surface area contributed by atoms with Crippen LogP contribution in [-0.2, 0) is 12.8 Å². The van der Waals surface area contributed by atoms with Gasteiger partial charge in [-0.3, -0.25) is 10.1 Å². The molecule has 21 heavy (non-hydrogen) atoms. The van der Waals surface area contributed by atoms with E-state index in [1.165, 1.54) is 40.5 Å². The number of hydrogen-bond donors (Lipinski definition) is 1. The Morgan fingerprint density at radius 2 is 2.24 bits per heavy atom. The molecule has 0 aliphatic heterocycles. The van der Waals surface area contributed by atoms with Gasteiger partial charge in [0.15, 0.2) is 5.13 Å². The second-order valence-electron chi connectivity index (χ2n) is 4.60. The monoisotopic (exact) mass is 310 g/mol. The molecule has 1 aromatic heterocycles. The summed E-state index contributed by atoms with van der Waals surface area (Å²) in [5.74, 6) is -0.429. The average Bonchev–Trinajstić information content (AvgIpc) is 2.99. The molecule has 1 heterocycles. The van der Waals surface area contributed by atoms with E-state index >= 15 is 0 Å². The highest BCUT2D eigenvalue weighted by Crippen LogP contribution is 2.30. The number of carbonyl (C=O) groups excluding carboxylic acids is 1. The predicted molar refractivity (Wildman–Crippen MR) is 75.2 cm³/mol. The van der Waals surface area contributed by atoms with Gasteiger partial charge < -0.3 is 4.74 Å². The number of thiazole rings is 1. The zero-order chi connectivity index (χ0) is 14.8. The van der Waals surface area contributed by atoms with Crippen LogP contribution in [0.15, 0.2) is 24.3 Å². The van der Waals surface area contributed by atoms with Gasteiger partial charge >= 0.3 is 6.61 Å². The van der Waals surface area contributed by atoms with Crippen molar-refractivity contribution in [3.63, 3.8) is 0 Å². The summed E-state index contributed by atoms with van der Waals surface area (Å²) in [4.78, 5) is 17.7. The van der Waals surface area contributed by atoms with E-state index in [1.807, 2.05) is 0 Å². The number of halogens is 2. The SMILES string of the molecule is O=C(Nc1nc2c(s1)CCC2)c1cccc(OC(F)F)c1. The van der Waals surface area contributed by atoms with Gasteiger partial charge in [-0.05, 0) is 37.5 Å². The molecule has 0 saturated heterocycles. The van der Waals surface area contributed by atoms with Gasteiger partial charge in [-0.15, -0.1) is 11.3 Å². The molecule has 2 aromatic rings. The van der Waals surface area contributed by atoms with Crippen molar-refractivity contribution in [1.82, 2.24) is 4.98 Å². The van der Waals surface area contributed by atoms with Crippen molar-refractivity contribution in [1.29, 1.82) is 0 Å². The third kappa shape index (κ3) is 3.18. The molecule has 0 spiro atoms. The lowest BCUT2D eigenvalue weighted by Crippen LogP contribution is -2.12. The van der Waals surface area contributed by atoms with E-state index < -0.39 is 6.61 Å². The maximum absolute atomic E-state index is 12.2. The zero-order valence-electron chi connectivity index (χ0n) is 10.9. The molecule has 1 aliphatic carbocycles. The summed E-state index contributed by atoms with van der Waals surface area (Å²) in [6.07, 6.45) is 3.05. The van der Waals surface area contributed by atoms with E-state index in [1.54, 1.807) is 0 Å². The van der Waals surface area contributed by atoms with Gasteiger partial charge in [0, 0.05) is 10.4 Å². The molecule has 3 rings (SSSR count). The molecule has 7 heteroatoms. The first-order valence-electron chi connectivity index (χ1n) is 6.46. The minimum absolute atomic E-state index is 0.0423. The second kappa shape index (κ2) is 5.77. The Hall–Kier alpha value is -2.02. The smallest absolute Gasteiger partial charge is 0.387 e. The maximum Gasteiger partial charge on any atom is 0.387 e. The normalized spacial score (nSPS) is 13.3. The summed E-state index contributed by atoms with van der Waals surface area (Å²) in [6, 6.07) is 5.69.